The first-order chi connectivity index (χ1) is 12.5. The van der Waals surface area contributed by atoms with E-state index < -0.39 is 21.9 Å². The van der Waals surface area contributed by atoms with Crippen LogP contribution in [-0.4, -0.2) is 44.8 Å². The number of rotatable bonds is 6. The average Bonchev–Trinajstić information content (AvgIpc) is 3.24. The third kappa shape index (κ3) is 5.64. The number of aromatic nitrogens is 1. The molecule has 2 aromatic heterocycles. The summed E-state index contributed by atoms with van der Waals surface area (Å²) in [4.78, 5) is 8.29. The molecule has 0 aliphatic carbocycles. The summed E-state index contributed by atoms with van der Waals surface area (Å²) in [6, 6.07) is 3.22. The number of nitrogens with one attached hydrogen (secondary N) is 2. The summed E-state index contributed by atoms with van der Waals surface area (Å²) in [6.45, 7) is 0.407. The molecule has 150 valence electrons. The van der Waals surface area contributed by atoms with Gasteiger partial charge in [0.05, 0.1) is 13.1 Å². The Hall–Kier alpha value is -1.70. The molecule has 7 nitrogen and oxygen atoms in total. The molecule has 0 aromatic carbocycles. The Bertz CT molecular complexity index is 903. The minimum atomic E-state index is -4.46. The molecule has 0 spiro atoms. The van der Waals surface area contributed by atoms with Crippen LogP contribution in [0.4, 0.5) is 13.2 Å². The Morgan fingerprint density at radius 2 is 1.93 bits per heavy atom. The molecule has 2 N–H and O–H groups in total. The quantitative estimate of drug-likeness (QED) is 0.531. The summed E-state index contributed by atoms with van der Waals surface area (Å²) in [5.74, 6) is 0.365. The predicted octanol–water partition coefficient (Wildman–Crippen LogP) is 2.34. The monoisotopic (exact) mass is 441 g/mol. The van der Waals surface area contributed by atoms with E-state index in [2.05, 4.69) is 20.6 Å². The van der Waals surface area contributed by atoms with Crippen LogP contribution in [0.25, 0.3) is 0 Å². The SMILES string of the molecule is CN=C(NCc1ccc(S(=O)(=O)N(C)C)s1)NCc1nc(C(F)(F)F)cs1. The first-order valence-corrected chi connectivity index (χ1v) is 10.6. The molecule has 0 unspecified atom stereocenters. The standard InChI is InChI=1S/C14H18F3N5O2S3/c1-18-13(20-7-11-21-10(8-25-11)14(15,16)17)19-6-9-4-5-12(26-9)27(23,24)22(2)3/h4-5,8H,6-7H2,1-3H3,(H2,18,19,20). The highest BCUT2D eigenvalue weighted by Gasteiger charge is 2.33. The van der Waals surface area contributed by atoms with Crippen molar-refractivity contribution in [2.24, 2.45) is 4.99 Å². The number of nitrogens with zero attached hydrogens (tertiary/aromatic N) is 3. The van der Waals surface area contributed by atoms with Gasteiger partial charge in [0, 0.05) is 31.4 Å². The molecule has 2 aromatic rings. The number of halogens is 3. The number of hydrogen-bond donors (Lipinski definition) is 2. The van der Waals surface area contributed by atoms with Crippen LogP contribution in [0.3, 0.4) is 0 Å². The van der Waals surface area contributed by atoms with Crippen molar-refractivity contribution in [2.75, 3.05) is 21.1 Å². The zero-order chi connectivity index (χ0) is 20.2. The van der Waals surface area contributed by atoms with Gasteiger partial charge in [0.15, 0.2) is 11.7 Å². The van der Waals surface area contributed by atoms with Crippen molar-refractivity contribution in [2.45, 2.75) is 23.5 Å². The van der Waals surface area contributed by atoms with Crippen molar-refractivity contribution < 1.29 is 21.6 Å². The topological polar surface area (TPSA) is 86.7 Å². The molecule has 0 aliphatic heterocycles. The van der Waals surface area contributed by atoms with Gasteiger partial charge in [0.2, 0.25) is 0 Å². The lowest BCUT2D eigenvalue weighted by Gasteiger charge is -2.10. The van der Waals surface area contributed by atoms with Crippen molar-refractivity contribution in [1.29, 1.82) is 0 Å². The molecule has 0 bridgehead atoms. The van der Waals surface area contributed by atoms with E-state index in [1.807, 2.05) is 0 Å². The van der Waals surface area contributed by atoms with Crippen LogP contribution < -0.4 is 10.6 Å². The number of hydrogen-bond acceptors (Lipinski definition) is 6. The van der Waals surface area contributed by atoms with Crippen molar-refractivity contribution in [3.05, 3.63) is 33.1 Å². The maximum Gasteiger partial charge on any atom is 0.434 e. The van der Waals surface area contributed by atoms with E-state index in [1.165, 1.54) is 27.2 Å². The molecule has 0 saturated heterocycles. The minimum Gasteiger partial charge on any atom is -0.352 e. The molecule has 2 heterocycles. The Balaban J connectivity index is 1.91. The first kappa shape index (κ1) is 21.6. The van der Waals surface area contributed by atoms with Crippen LogP contribution in [0.2, 0.25) is 0 Å². The van der Waals surface area contributed by atoms with Crippen LogP contribution in [0.5, 0.6) is 0 Å². The number of alkyl halides is 3. The maximum atomic E-state index is 12.6. The summed E-state index contributed by atoms with van der Waals surface area (Å²) in [6.07, 6.45) is -4.46. The molecule has 2 rings (SSSR count). The highest BCUT2D eigenvalue weighted by Crippen LogP contribution is 2.30. The fourth-order valence-corrected chi connectivity index (χ4v) is 5.05. The van der Waals surface area contributed by atoms with Crippen molar-refractivity contribution in [3.8, 4) is 0 Å². The molecular weight excluding hydrogens is 423 g/mol. The lowest BCUT2D eigenvalue weighted by molar-refractivity contribution is -0.140. The second kappa shape index (κ2) is 8.54. The Morgan fingerprint density at radius 3 is 2.48 bits per heavy atom. The van der Waals surface area contributed by atoms with Crippen LogP contribution >= 0.6 is 22.7 Å². The number of guanidine groups is 1. The van der Waals surface area contributed by atoms with Gasteiger partial charge in [-0.25, -0.2) is 17.7 Å². The lowest BCUT2D eigenvalue weighted by Crippen LogP contribution is -2.36. The number of thiophene rings is 1. The normalized spacial score (nSPS) is 13.2. The first-order valence-electron chi connectivity index (χ1n) is 7.51. The summed E-state index contributed by atoms with van der Waals surface area (Å²) >= 11 is 2.04. The molecule has 27 heavy (non-hydrogen) atoms. The third-order valence-electron chi connectivity index (χ3n) is 3.27. The van der Waals surface area contributed by atoms with E-state index in [4.69, 9.17) is 0 Å². The van der Waals surface area contributed by atoms with Crippen molar-refractivity contribution in [1.82, 2.24) is 19.9 Å². The van der Waals surface area contributed by atoms with Gasteiger partial charge in [-0.2, -0.15) is 13.2 Å². The second-order valence-corrected chi connectivity index (χ2v) is 9.90. The van der Waals surface area contributed by atoms with E-state index in [-0.39, 0.29) is 15.8 Å². The van der Waals surface area contributed by atoms with Crippen LogP contribution in [0, 0.1) is 0 Å². The summed E-state index contributed by atoms with van der Waals surface area (Å²) < 4.78 is 63.2. The number of sulfonamides is 1. The fraction of sp³-hybridized carbons (Fsp3) is 0.429. The molecule has 0 aliphatic rings. The molecule has 13 heteroatoms. The fourth-order valence-electron chi connectivity index (χ4n) is 1.84. The van der Waals surface area contributed by atoms with Crippen LogP contribution in [0.15, 0.2) is 26.7 Å². The molecule has 0 amide bonds. The van der Waals surface area contributed by atoms with Crippen molar-refractivity contribution >= 4 is 38.7 Å². The Labute approximate surface area is 163 Å². The van der Waals surface area contributed by atoms with Gasteiger partial charge in [-0.1, -0.05) is 0 Å². The number of aliphatic imine (C=N–C) groups is 1. The van der Waals surface area contributed by atoms with Crippen LogP contribution in [-0.2, 0) is 29.3 Å². The largest absolute Gasteiger partial charge is 0.434 e. The molecule has 0 atom stereocenters. The van der Waals surface area contributed by atoms with E-state index in [0.717, 1.165) is 37.2 Å². The van der Waals surface area contributed by atoms with Gasteiger partial charge in [0.25, 0.3) is 10.0 Å². The van der Waals surface area contributed by atoms with E-state index in [1.54, 1.807) is 6.07 Å². The summed E-state index contributed by atoms with van der Waals surface area (Å²) in [7, 11) is 0.965. The highest BCUT2D eigenvalue weighted by molar-refractivity contribution is 7.91. The molecule has 0 saturated carbocycles. The average molecular weight is 442 g/mol. The van der Waals surface area contributed by atoms with E-state index in [0.29, 0.717) is 12.5 Å². The molecule has 0 radical (unpaired) electrons. The Morgan fingerprint density at radius 1 is 1.26 bits per heavy atom. The minimum absolute atomic E-state index is 0.0884. The molecule has 0 fully saturated rings. The Kier molecular flexibility index (Phi) is 6.83. The van der Waals surface area contributed by atoms with E-state index in [9.17, 15) is 21.6 Å². The summed E-state index contributed by atoms with van der Waals surface area (Å²) in [5.41, 5.74) is -0.916. The van der Waals surface area contributed by atoms with Gasteiger partial charge in [0.1, 0.15) is 9.22 Å². The van der Waals surface area contributed by atoms with Gasteiger partial charge in [-0.15, -0.1) is 22.7 Å². The maximum absolute atomic E-state index is 12.6. The van der Waals surface area contributed by atoms with Gasteiger partial charge in [-0.3, -0.25) is 4.99 Å². The van der Waals surface area contributed by atoms with Gasteiger partial charge < -0.3 is 10.6 Å². The van der Waals surface area contributed by atoms with Gasteiger partial charge in [-0.05, 0) is 12.1 Å². The molecular formula is C14H18F3N5O2S3. The smallest absolute Gasteiger partial charge is 0.352 e. The third-order valence-corrected chi connectivity index (χ3v) is 7.49. The van der Waals surface area contributed by atoms with Gasteiger partial charge >= 0.3 is 6.18 Å². The second-order valence-electron chi connectivity index (χ2n) is 5.41. The van der Waals surface area contributed by atoms with Crippen LogP contribution in [0.1, 0.15) is 15.6 Å². The zero-order valence-corrected chi connectivity index (χ0v) is 17.1. The predicted molar refractivity (Wildman–Crippen MR) is 99.3 cm³/mol. The zero-order valence-electron chi connectivity index (χ0n) is 14.7. The lowest BCUT2D eigenvalue weighted by atomic mass is 10.4. The summed E-state index contributed by atoms with van der Waals surface area (Å²) in [5, 5.41) is 7.10. The number of thiazole rings is 1. The van der Waals surface area contributed by atoms with E-state index >= 15 is 0 Å². The highest BCUT2D eigenvalue weighted by atomic mass is 32.2. The van der Waals surface area contributed by atoms with Crippen molar-refractivity contribution in [3.63, 3.8) is 0 Å².